The number of hydrogen-bond donors (Lipinski definition) is 1. The molecule has 1 aliphatic rings. The normalized spacial score (nSPS) is 14.8. The Kier molecular flexibility index (Phi) is 5.94. The highest BCUT2D eigenvalue weighted by atomic mass is 16.5. The lowest BCUT2D eigenvalue weighted by molar-refractivity contribution is 0.0941. The first-order valence-electron chi connectivity index (χ1n) is 8.87. The second-order valence-corrected chi connectivity index (χ2v) is 6.39. The van der Waals surface area contributed by atoms with Crippen molar-refractivity contribution in [1.29, 1.82) is 0 Å². The first-order valence-corrected chi connectivity index (χ1v) is 8.87. The fraction of sp³-hybridized carbons (Fsp3) is 0.400. The second-order valence-electron chi connectivity index (χ2n) is 6.39. The molecule has 1 aliphatic heterocycles. The summed E-state index contributed by atoms with van der Waals surface area (Å²) in [5.74, 6) is 1.39. The van der Waals surface area contributed by atoms with E-state index >= 15 is 0 Å². The lowest BCUT2D eigenvalue weighted by atomic mass is 9.96. The Balaban J connectivity index is 1.53. The van der Waals surface area contributed by atoms with Crippen LogP contribution in [0.4, 0.5) is 5.69 Å². The van der Waals surface area contributed by atoms with Gasteiger partial charge in [-0.25, -0.2) is 0 Å². The van der Waals surface area contributed by atoms with Crippen LogP contribution in [0.5, 0.6) is 11.5 Å². The molecule has 0 unspecified atom stereocenters. The Morgan fingerprint density at radius 1 is 1.15 bits per heavy atom. The minimum atomic E-state index is -0.127. The van der Waals surface area contributed by atoms with Crippen molar-refractivity contribution in [2.45, 2.75) is 12.8 Å². The molecule has 1 N–H and O–H groups in total. The van der Waals surface area contributed by atoms with Gasteiger partial charge in [-0.3, -0.25) is 9.78 Å². The van der Waals surface area contributed by atoms with Crippen molar-refractivity contribution in [2.24, 2.45) is 5.92 Å². The quantitative estimate of drug-likeness (QED) is 0.863. The van der Waals surface area contributed by atoms with E-state index in [4.69, 9.17) is 9.47 Å². The maximum atomic E-state index is 12.6. The van der Waals surface area contributed by atoms with E-state index in [-0.39, 0.29) is 5.91 Å². The van der Waals surface area contributed by atoms with Crippen molar-refractivity contribution >= 4 is 11.6 Å². The van der Waals surface area contributed by atoms with E-state index in [0.717, 1.165) is 25.9 Å². The molecular formula is C20H25N3O3. The summed E-state index contributed by atoms with van der Waals surface area (Å²) in [6.07, 6.45) is 5.75. The van der Waals surface area contributed by atoms with Crippen LogP contribution in [0.3, 0.4) is 0 Å². The van der Waals surface area contributed by atoms with E-state index in [9.17, 15) is 4.79 Å². The number of nitrogens with zero attached hydrogens (tertiary/aromatic N) is 2. The first kappa shape index (κ1) is 18.0. The summed E-state index contributed by atoms with van der Waals surface area (Å²) in [4.78, 5) is 19.0. The zero-order valence-electron chi connectivity index (χ0n) is 15.3. The number of piperidine rings is 1. The standard InChI is InChI=1S/C20H25N3O3/c1-25-18-5-3-4-17(19(18)26-2)20(24)22-14-15-8-12-23(13-9-15)16-6-10-21-11-7-16/h3-7,10-11,15H,8-9,12-14H2,1-2H3,(H,22,24). The van der Waals surface area contributed by atoms with Crippen LogP contribution in [0, 0.1) is 5.92 Å². The molecule has 1 amide bonds. The maximum Gasteiger partial charge on any atom is 0.255 e. The van der Waals surface area contributed by atoms with Gasteiger partial charge in [0.05, 0.1) is 19.8 Å². The molecule has 1 fully saturated rings. The SMILES string of the molecule is COc1cccc(C(=O)NCC2CCN(c3ccncc3)CC2)c1OC. The number of para-hydroxylation sites is 1. The number of carbonyl (C=O) groups is 1. The molecule has 6 heteroatoms. The van der Waals surface area contributed by atoms with Crippen molar-refractivity contribution in [3.05, 3.63) is 48.3 Å². The maximum absolute atomic E-state index is 12.6. The third-order valence-corrected chi connectivity index (χ3v) is 4.84. The zero-order chi connectivity index (χ0) is 18.4. The van der Waals surface area contributed by atoms with Gasteiger partial charge in [0.15, 0.2) is 11.5 Å². The molecule has 2 aromatic rings. The summed E-state index contributed by atoms with van der Waals surface area (Å²) < 4.78 is 10.6. The first-order chi connectivity index (χ1) is 12.7. The number of methoxy groups -OCH3 is 2. The van der Waals surface area contributed by atoms with Gasteiger partial charge >= 0.3 is 0 Å². The lowest BCUT2D eigenvalue weighted by Crippen LogP contribution is -2.38. The molecular weight excluding hydrogens is 330 g/mol. The highest BCUT2D eigenvalue weighted by molar-refractivity contribution is 5.97. The average molecular weight is 355 g/mol. The molecule has 1 aromatic carbocycles. The fourth-order valence-electron chi connectivity index (χ4n) is 3.35. The van der Waals surface area contributed by atoms with Crippen LogP contribution in [0.25, 0.3) is 0 Å². The van der Waals surface area contributed by atoms with Crippen molar-refractivity contribution in [2.75, 3.05) is 38.8 Å². The lowest BCUT2D eigenvalue weighted by Gasteiger charge is -2.33. The summed E-state index contributed by atoms with van der Waals surface area (Å²) in [6.45, 7) is 2.66. The van der Waals surface area contributed by atoms with Crippen molar-refractivity contribution in [1.82, 2.24) is 10.3 Å². The molecule has 0 bridgehead atoms. The van der Waals surface area contributed by atoms with Gasteiger partial charge in [-0.05, 0) is 43.0 Å². The average Bonchev–Trinajstić information content (AvgIpc) is 2.72. The molecule has 1 aromatic heterocycles. The Morgan fingerprint density at radius 2 is 1.88 bits per heavy atom. The molecule has 2 heterocycles. The van der Waals surface area contributed by atoms with Gasteiger partial charge in [-0.1, -0.05) is 6.07 Å². The summed E-state index contributed by atoms with van der Waals surface area (Å²) in [5.41, 5.74) is 1.71. The largest absolute Gasteiger partial charge is 0.493 e. The van der Waals surface area contributed by atoms with Gasteiger partial charge in [0, 0.05) is 37.7 Å². The number of aromatic nitrogens is 1. The van der Waals surface area contributed by atoms with E-state index in [1.54, 1.807) is 32.4 Å². The van der Waals surface area contributed by atoms with Crippen molar-refractivity contribution in [3.8, 4) is 11.5 Å². The van der Waals surface area contributed by atoms with E-state index in [1.807, 2.05) is 24.5 Å². The number of hydrogen-bond acceptors (Lipinski definition) is 5. The number of ether oxygens (including phenoxy) is 2. The van der Waals surface area contributed by atoms with Crippen molar-refractivity contribution < 1.29 is 14.3 Å². The number of rotatable bonds is 6. The Bertz CT molecular complexity index is 728. The Morgan fingerprint density at radius 3 is 2.54 bits per heavy atom. The van der Waals surface area contributed by atoms with E-state index < -0.39 is 0 Å². The van der Waals surface area contributed by atoms with Crippen LogP contribution in [0.2, 0.25) is 0 Å². The van der Waals surface area contributed by atoms with Crippen LogP contribution < -0.4 is 19.7 Å². The van der Waals surface area contributed by atoms with Crippen LogP contribution >= 0.6 is 0 Å². The van der Waals surface area contributed by atoms with E-state index in [0.29, 0.717) is 29.5 Å². The van der Waals surface area contributed by atoms with Gasteiger partial charge in [0.25, 0.3) is 5.91 Å². The van der Waals surface area contributed by atoms with Gasteiger partial charge < -0.3 is 19.7 Å². The Hall–Kier alpha value is -2.76. The molecule has 0 spiro atoms. The fourth-order valence-corrected chi connectivity index (χ4v) is 3.35. The molecule has 0 radical (unpaired) electrons. The molecule has 0 saturated carbocycles. The molecule has 3 rings (SSSR count). The molecule has 0 aliphatic carbocycles. The number of amides is 1. The van der Waals surface area contributed by atoms with Gasteiger partial charge in [0.2, 0.25) is 0 Å². The number of anilines is 1. The molecule has 6 nitrogen and oxygen atoms in total. The molecule has 138 valence electrons. The molecule has 1 saturated heterocycles. The highest BCUT2D eigenvalue weighted by Gasteiger charge is 2.21. The summed E-state index contributed by atoms with van der Waals surface area (Å²) >= 11 is 0. The van der Waals surface area contributed by atoms with Crippen LogP contribution in [-0.4, -0.2) is 44.7 Å². The topological polar surface area (TPSA) is 63.7 Å². The van der Waals surface area contributed by atoms with Gasteiger partial charge in [0.1, 0.15) is 0 Å². The third-order valence-electron chi connectivity index (χ3n) is 4.84. The third kappa shape index (κ3) is 4.07. The number of carbonyl (C=O) groups excluding carboxylic acids is 1. The summed E-state index contributed by atoms with van der Waals surface area (Å²) in [5, 5.41) is 3.05. The minimum absolute atomic E-state index is 0.127. The minimum Gasteiger partial charge on any atom is -0.493 e. The number of pyridine rings is 1. The van der Waals surface area contributed by atoms with E-state index in [1.165, 1.54) is 5.69 Å². The monoisotopic (exact) mass is 355 g/mol. The smallest absolute Gasteiger partial charge is 0.255 e. The summed E-state index contributed by atoms with van der Waals surface area (Å²) in [7, 11) is 3.11. The Labute approximate surface area is 154 Å². The summed E-state index contributed by atoms with van der Waals surface area (Å²) in [6, 6.07) is 9.41. The van der Waals surface area contributed by atoms with Crippen LogP contribution in [-0.2, 0) is 0 Å². The van der Waals surface area contributed by atoms with Crippen LogP contribution in [0.15, 0.2) is 42.7 Å². The number of benzene rings is 1. The molecule has 26 heavy (non-hydrogen) atoms. The molecule has 0 atom stereocenters. The van der Waals surface area contributed by atoms with Crippen LogP contribution in [0.1, 0.15) is 23.2 Å². The zero-order valence-corrected chi connectivity index (χ0v) is 15.3. The van der Waals surface area contributed by atoms with E-state index in [2.05, 4.69) is 15.2 Å². The van der Waals surface area contributed by atoms with Gasteiger partial charge in [-0.15, -0.1) is 0 Å². The van der Waals surface area contributed by atoms with Gasteiger partial charge in [-0.2, -0.15) is 0 Å². The predicted octanol–water partition coefficient (Wildman–Crippen LogP) is 2.75. The predicted molar refractivity (Wildman–Crippen MR) is 101 cm³/mol. The number of nitrogens with one attached hydrogen (secondary N) is 1. The van der Waals surface area contributed by atoms with Crippen molar-refractivity contribution in [3.63, 3.8) is 0 Å². The second kappa shape index (κ2) is 8.56. The highest BCUT2D eigenvalue weighted by Crippen LogP contribution is 2.30.